The number of nitrogens with zero attached hydrogens (tertiary/aromatic N) is 3. The second-order valence-corrected chi connectivity index (χ2v) is 7.24. The summed E-state index contributed by atoms with van der Waals surface area (Å²) >= 11 is 0. The van der Waals surface area contributed by atoms with Crippen LogP contribution in [0.3, 0.4) is 0 Å². The predicted molar refractivity (Wildman–Crippen MR) is 98.1 cm³/mol. The fourth-order valence-electron chi connectivity index (χ4n) is 3.86. The molecule has 1 saturated heterocycles. The van der Waals surface area contributed by atoms with Crippen LogP contribution in [0.1, 0.15) is 30.5 Å². The van der Waals surface area contributed by atoms with E-state index in [0.29, 0.717) is 25.6 Å². The molecule has 3 rings (SSSR count). The largest absolute Gasteiger partial charge is 0.383 e. The maximum Gasteiger partial charge on any atom is 0.229 e. The van der Waals surface area contributed by atoms with E-state index >= 15 is 0 Å². The maximum absolute atomic E-state index is 13.1. The number of pyridine rings is 1. The van der Waals surface area contributed by atoms with E-state index in [1.165, 1.54) is 5.56 Å². The Labute approximate surface area is 150 Å². The quantitative estimate of drug-likeness (QED) is 0.770. The highest BCUT2D eigenvalue weighted by Crippen LogP contribution is 2.39. The Morgan fingerprint density at radius 3 is 2.80 bits per heavy atom. The van der Waals surface area contributed by atoms with Gasteiger partial charge in [0.05, 0.1) is 17.7 Å². The number of hydrogen-bond donors (Lipinski definition) is 0. The highest BCUT2D eigenvalue weighted by atomic mass is 16.5. The molecule has 0 aromatic carbocycles. The third kappa shape index (κ3) is 4.10. The number of carbonyl (C=O) groups excluding carboxylic acids is 1. The van der Waals surface area contributed by atoms with Crippen molar-refractivity contribution in [1.29, 1.82) is 0 Å². The van der Waals surface area contributed by atoms with E-state index < -0.39 is 0 Å². The molecule has 1 aromatic heterocycles. The minimum atomic E-state index is -0.226. The average molecular weight is 343 g/mol. The Balaban J connectivity index is 1.64. The zero-order chi connectivity index (χ0) is 17.7. The summed E-state index contributed by atoms with van der Waals surface area (Å²) in [4.78, 5) is 22.1. The van der Waals surface area contributed by atoms with Gasteiger partial charge in [0.25, 0.3) is 0 Å². The summed E-state index contributed by atoms with van der Waals surface area (Å²) < 4.78 is 5.17. The van der Waals surface area contributed by atoms with Crippen LogP contribution in [0.2, 0.25) is 0 Å². The van der Waals surface area contributed by atoms with E-state index in [9.17, 15) is 4.79 Å². The van der Waals surface area contributed by atoms with Gasteiger partial charge >= 0.3 is 0 Å². The number of likely N-dealkylation sites (tertiary alicyclic amines) is 1. The fraction of sp³-hybridized carbons (Fsp3) is 0.600. The second-order valence-electron chi connectivity index (χ2n) is 7.24. The lowest BCUT2D eigenvalue weighted by atomic mass is 9.74. The number of aromatic nitrogens is 1. The van der Waals surface area contributed by atoms with Crippen molar-refractivity contribution in [3.05, 3.63) is 41.7 Å². The molecule has 0 bridgehead atoms. The smallest absolute Gasteiger partial charge is 0.229 e. The normalized spacial score (nSPS) is 20.9. The number of carbonyl (C=O) groups is 1. The summed E-state index contributed by atoms with van der Waals surface area (Å²) in [6, 6.07) is 4.09. The van der Waals surface area contributed by atoms with Crippen LogP contribution in [0.5, 0.6) is 0 Å². The van der Waals surface area contributed by atoms with Gasteiger partial charge in [-0.3, -0.25) is 14.7 Å². The maximum atomic E-state index is 13.1. The van der Waals surface area contributed by atoms with Gasteiger partial charge in [-0.05, 0) is 50.9 Å². The van der Waals surface area contributed by atoms with Crippen molar-refractivity contribution in [2.45, 2.75) is 32.7 Å². The third-order valence-electron chi connectivity index (χ3n) is 5.61. The minimum absolute atomic E-state index is 0.226. The zero-order valence-electron chi connectivity index (χ0n) is 15.4. The fourth-order valence-corrected chi connectivity index (χ4v) is 3.86. The molecule has 0 saturated carbocycles. The molecule has 25 heavy (non-hydrogen) atoms. The number of aryl methyl sites for hydroxylation is 1. The number of amides is 1. The van der Waals surface area contributed by atoms with Gasteiger partial charge in [-0.1, -0.05) is 18.2 Å². The van der Waals surface area contributed by atoms with Crippen LogP contribution >= 0.6 is 0 Å². The van der Waals surface area contributed by atoms with Gasteiger partial charge in [0.2, 0.25) is 5.91 Å². The molecule has 3 heterocycles. The van der Waals surface area contributed by atoms with Crippen LogP contribution in [-0.2, 0) is 16.1 Å². The highest BCUT2D eigenvalue weighted by molar-refractivity contribution is 5.83. The summed E-state index contributed by atoms with van der Waals surface area (Å²) in [7, 11) is 1.69. The molecular weight excluding hydrogens is 314 g/mol. The van der Waals surface area contributed by atoms with Crippen molar-refractivity contribution in [1.82, 2.24) is 14.8 Å². The molecule has 0 unspecified atom stereocenters. The van der Waals surface area contributed by atoms with Crippen molar-refractivity contribution in [2.75, 3.05) is 39.9 Å². The van der Waals surface area contributed by atoms with Gasteiger partial charge in [-0.25, -0.2) is 0 Å². The molecule has 0 radical (unpaired) electrons. The number of ether oxygens (including phenoxy) is 1. The van der Waals surface area contributed by atoms with E-state index in [1.54, 1.807) is 7.11 Å². The zero-order valence-corrected chi connectivity index (χ0v) is 15.4. The summed E-state index contributed by atoms with van der Waals surface area (Å²) in [5.41, 5.74) is 2.16. The van der Waals surface area contributed by atoms with Crippen LogP contribution in [0, 0.1) is 12.3 Å². The van der Waals surface area contributed by atoms with Gasteiger partial charge in [0, 0.05) is 32.9 Å². The Kier molecular flexibility index (Phi) is 5.86. The average Bonchev–Trinajstić information content (AvgIpc) is 2.77. The van der Waals surface area contributed by atoms with E-state index in [2.05, 4.69) is 35.0 Å². The van der Waals surface area contributed by atoms with E-state index in [-0.39, 0.29) is 5.41 Å². The van der Waals surface area contributed by atoms with Crippen LogP contribution in [-0.4, -0.2) is 60.6 Å². The van der Waals surface area contributed by atoms with Crippen molar-refractivity contribution < 1.29 is 9.53 Å². The van der Waals surface area contributed by atoms with Gasteiger partial charge in [0.15, 0.2) is 0 Å². The lowest BCUT2D eigenvalue weighted by molar-refractivity contribution is -0.144. The molecule has 1 fully saturated rings. The highest BCUT2D eigenvalue weighted by Gasteiger charge is 2.43. The molecule has 0 N–H and O–H groups in total. The number of allylic oxidation sites excluding steroid dienone is 1. The van der Waals surface area contributed by atoms with E-state index in [1.807, 2.05) is 17.2 Å². The summed E-state index contributed by atoms with van der Waals surface area (Å²) in [6.45, 7) is 6.88. The molecule has 1 aromatic rings. The summed E-state index contributed by atoms with van der Waals surface area (Å²) in [6.07, 6.45) is 8.90. The first kappa shape index (κ1) is 18.1. The molecule has 5 heteroatoms. The summed E-state index contributed by atoms with van der Waals surface area (Å²) in [5.74, 6) is 0.309. The first-order valence-electron chi connectivity index (χ1n) is 9.21. The van der Waals surface area contributed by atoms with Gasteiger partial charge < -0.3 is 9.64 Å². The lowest BCUT2D eigenvalue weighted by Crippen LogP contribution is -2.50. The number of rotatable bonds is 5. The second kappa shape index (κ2) is 8.11. The first-order valence-corrected chi connectivity index (χ1v) is 9.21. The lowest BCUT2D eigenvalue weighted by Gasteiger charge is -2.42. The topological polar surface area (TPSA) is 45.7 Å². The molecule has 1 spiro atoms. The van der Waals surface area contributed by atoms with Crippen LogP contribution in [0.25, 0.3) is 0 Å². The molecule has 2 aliphatic heterocycles. The monoisotopic (exact) mass is 343 g/mol. The van der Waals surface area contributed by atoms with Crippen molar-refractivity contribution in [2.24, 2.45) is 5.41 Å². The molecular formula is C20H29N3O2. The minimum Gasteiger partial charge on any atom is -0.383 e. The van der Waals surface area contributed by atoms with Gasteiger partial charge in [0.1, 0.15) is 0 Å². The van der Waals surface area contributed by atoms with Crippen LogP contribution in [0.15, 0.2) is 30.5 Å². The Morgan fingerprint density at radius 1 is 1.28 bits per heavy atom. The van der Waals surface area contributed by atoms with Crippen molar-refractivity contribution in [3.8, 4) is 0 Å². The predicted octanol–water partition coefficient (Wildman–Crippen LogP) is 2.41. The van der Waals surface area contributed by atoms with Crippen molar-refractivity contribution >= 4 is 5.91 Å². The third-order valence-corrected chi connectivity index (χ3v) is 5.61. The molecule has 5 nitrogen and oxygen atoms in total. The van der Waals surface area contributed by atoms with E-state index in [4.69, 9.17) is 4.74 Å². The molecule has 136 valence electrons. The van der Waals surface area contributed by atoms with Gasteiger partial charge in [-0.2, -0.15) is 0 Å². The Bertz CT molecular complexity index is 621. The number of piperidine rings is 1. The summed E-state index contributed by atoms with van der Waals surface area (Å²) in [5, 5.41) is 0. The SMILES string of the molecule is COCCN1CC=CCC2(CCN(Cc3ncccc3C)CC2)C1=O. The molecule has 0 aliphatic carbocycles. The van der Waals surface area contributed by atoms with E-state index in [0.717, 1.165) is 44.6 Å². The number of hydrogen-bond acceptors (Lipinski definition) is 4. The van der Waals surface area contributed by atoms with Crippen LogP contribution in [0.4, 0.5) is 0 Å². The first-order chi connectivity index (χ1) is 12.1. The molecule has 1 amide bonds. The standard InChI is InChI=1S/C20H29N3O2/c1-17-6-5-10-21-18(17)16-22-12-8-20(9-13-22)7-3-4-11-23(19(20)24)14-15-25-2/h3-6,10H,7-9,11-16H2,1-2H3. The van der Waals surface area contributed by atoms with Crippen LogP contribution < -0.4 is 0 Å². The number of methoxy groups -OCH3 is 1. The Morgan fingerprint density at radius 2 is 2.08 bits per heavy atom. The molecule has 0 atom stereocenters. The molecule has 2 aliphatic rings. The van der Waals surface area contributed by atoms with Gasteiger partial charge in [-0.15, -0.1) is 0 Å². The Hall–Kier alpha value is -1.72. The van der Waals surface area contributed by atoms with Crippen molar-refractivity contribution in [3.63, 3.8) is 0 Å².